The van der Waals surface area contributed by atoms with E-state index < -0.39 is 50.8 Å². The minimum atomic E-state index is -4.44. The third-order valence-corrected chi connectivity index (χ3v) is 9.18. The number of phosphoric acid groups is 1. The highest BCUT2D eigenvalue weighted by molar-refractivity contribution is 7.47. The van der Waals surface area contributed by atoms with Gasteiger partial charge in [0.05, 0.1) is 58.2 Å². The van der Waals surface area contributed by atoms with Gasteiger partial charge in [0, 0.05) is 6.42 Å². The highest BCUT2D eigenvalue weighted by atomic mass is 31.2. The number of likely N-dealkylation sites (N-methyl/N-ethyl adjacent to an activating group) is 1. The van der Waals surface area contributed by atoms with Crippen molar-refractivity contribution >= 4 is 13.7 Å². The number of carbonyl (C=O) groups excluding carboxylic acids is 1. The van der Waals surface area contributed by atoms with Crippen molar-refractivity contribution in [1.29, 1.82) is 0 Å². The first-order valence-corrected chi connectivity index (χ1v) is 21.3. The van der Waals surface area contributed by atoms with Crippen LogP contribution in [0.15, 0.2) is 85.1 Å². The molecule has 6 atom stereocenters. The van der Waals surface area contributed by atoms with Gasteiger partial charge in [0.2, 0.25) is 5.91 Å². The Kier molecular flexibility index (Phi) is 31.3. The first-order chi connectivity index (χ1) is 25.7. The van der Waals surface area contributed by atoms with Crippen LogP contribution in [0, 0.1) is 0 Å². The molecule has 0 aromatic rings. The molecule has 6 N–H and O–H groups in total. The molecular formula is C42H74N2O9P+. The zero-order valence-electron chi connectivity index (χ0n) is 33.8. The number of aliphatic hydroxyl groups excluding tert-OH is 4. The number of unbranched alkanes of at least 4 members (excludes halogenated alkanes) is 7. The normalized spacial score (nSPS) is 17.1. The Balaban J connectivity index is 4.95. The number of carbonyl (C=O) groups is 1. The predicted molar refractivity (Wildman–Crippen MR) is 221 cm³/mol. The molecule has 0 fully saturated rings. The average Bonchev–Trinajstić information content (AvgIpc) is 3.10. The number of hydrogen-bond acceptors (Lipinski definition) is 8. The lowest BCUT2D eigenvalue weighted by Crippen LogP contribution is -2.45. The predicted octanol–water partition coefficient (Wildman–Crippen LogP) is 7.15. The van der Waals surface area contributed by atoms with E-state index in [2.05, 4.69) is 24.4 Å². The summed E-state index contributed by atoms with van der Waals surface area (Å²) < 4.78 is 23.3. The number of amides is 1. The van der Waals surface area contributed by atoms with Gasteiger partial charge < -0.3 is 35.1 Å². The van der Waals surface area contributed by atoms with Crippen molar-refractivity contribution in [2.45, 2.75) is 134 Å². The lowest BCUT2D eigenvalue weighted by molar-refractivity contribution is -0.870. The van der Waals surface area contributed by atoms with Gasteiger partial charge >= 0.3 is 7.82 Å². The van der Waals surface area contributed by atoms with Crippen LogP contribution >= 0.6 is 7.82 Å². The average molecular weight is 782 g/mol. The number of allylic oxidation sites excluding steroid dienone is 10. The lowest BCUT2D eigenvalue weighted by atomic mass is 10.1. The molecule has 0 aromatic carbocycles. The topological polar surface area (TPSA) is 166 Å². The standard InChI is InChI=1S/C42H73N2O9P/c1-6-8-10-11-12-13-14-15-16-17-21-25-30-39(46)38(36-53-54(50,51)52-35-34-44(3,4)5)43-42(49)33-27-32-41(48)40(47)31-26-22-19-18-20-24-29-37(45)28-23-9-7-2/h9,15-16,18-20,22-26,29-31,37-41,45-48H,6-8,10-14,17,21,27-28,32-36H2,1-5H3,(H-,43,49,50,51)/p+1/b16-15-,20-18+,22-19-,23-9-,29-24+,30-25+,31-26-/t37-,38-,39+,40+,41+/m0/s1. The van der Waals surface area contributed by atoms with Crippen LogP contribution in [0.5, 0.6) is 0 Å². The Hall–Kier alpha value is -2.44. The van der Waals surface area contributed by atoms with Gasteiger partial charge in [-0.15, -0.1) is 0 Å². The minimum absolute atomic E-state index is 0.0115. The molecule has 0 saturated carbocycles. The molecule has 54 heavy (non-hydrogen) atoms. The first kappa shape index (κ1) is 51.6. The maximum atomic E-state index is 12.8. The molecular weight excluding hydrogens is 707 g/mol. The third-order valence-electron chi connectivity index (χ3n) is 8.19. The van der Waals surface area contributed by atoms with E-state index in [4.69, 9.17) is 9.05 Å². The van der Waals surface area contributed by atoms with Crippen molar-refractivity contribution in [1.82, 2.24) is 5.32 Å². The summed E-state index contributed by atoms with van der Waals surface area (Å²) in [6, 6.07) is -1.03. The van der Waals surface area contributed by atoms with E-state index in [0.717, 1.165) is 19.3 Å². The molecule has 0 aliphatic carbocycles. The maximum Gasteiger partial charge on any atom is 0.472 e. The summed E-state index contributed by atoms with van der Waals surface area (Å²) in [4.78, 5) is 23.0. The van der Waals surface area contributed by atoms with E-state index in [0.29, 0.717) is 23.9 Å². The summed E-state index contributed by atoms with van der Waals surface area (Å²) in [5, 5.41) is 44.1. The van der Waals surface area contributed by atoms with Gasteiger partial charge in [-0.3, -0.25) is 13.8 Å². The Labute approximate surface area is 326 Å². The zero-order valence-corrected chi connectivity index (χ0v) is 34.6. The minimum Gasteiger partial charge on any atom is -0.390 e. The molecule has 310 valence electrons. The Morgan fingerprint density at radius 1 is 0.722 bits per heavy atom. The van der Waals surface area contributed by atoms with Crippen molar-refractivity contribution in [3.8, 4) is 0 Å². The van der Waals surface area contributed by atoms with Crippen LogP contribution < -0.4 is 5.32 Å². The summed E-state index contributed by atoms with van der Waals surface area (Å²) in [5.74, 6) is -0.446. The lowest BCUT2D eigenvalue weighted by Gasteiger charge is -2.25. The fourth-order valence-corrected chi connectivity index (χ4v) is 5.60. The number of phosphoric ester groups is 1. The fourth-order valence-electron chi connectivity index (χ4n) is 4.87. The summed E-state index contributed by atoms with van der Waals surface area (Å²) in [6.45, 7) is 4.25. The number of aliphatic hydroxyl groups is 4. The highest BCUT2D eigenvalue weighted by Crippen LogP contribution is 2.43. The van der Waals surface area contributed by atoms with Crippen molar-refractivity contribution in [3.63, 3.8) is 0 Å². The Morgan fingerprint density at radius 3 is 2.04 bits per heavy atom. The van der Waals surface area contributed by atoms with Gasteiger partial charge in [-0.1, -0.05) is 131 Å². The van der Waals surface area contributed by atoms with Crippen molar-refractivity contribution in [2.75, 3.05) is 40.9 Å². The Bertz CT molecular complexity index is 1210. The number of hydrogen-bond donors (Lipinski definition) is 6. The molecule has 0 aliphatic heterocycles. The summed E-state index contributed by atoms with van der Waals surface area (Å²) in [7, 11) is 1.32. The van der Waals surface area contributed by atoms with E-state index in [-0.39, 0.29) is 25.9 Å². The maximum absolute atomic E-state index is 12.8. The number of nitrogens with one attached hydrogen (secondary N) is 1. The van der Waals surface area contributed by atoms with Gasteiger partial charge in [-0.05, 0) is 51.4 Å². The molecule has 0 rings (SSSR count). The van der Waals surface area contributed by atoms with Gasteiger partial charge in [0.25, 0.3) is 0 Å². The van der Waals surface area contributed by atoms with Crippen LogP contribution in [0.3, 0.4) is 0 Å². The van der Waals surface area contributed by atoms with E-state index in [1.165, 1.54) is 44.6 Å². The van der Waals surface area contributed by atoms with E-state index in [9.17, 15) is 34.7 Å². The highest BCUT2D eigenvalue weighted by Gasteiger charge is 2.28. The monoisotopic (exact) mass is 782 g/mol. The van der Waals surface area contributed by atoms with Crippen LogP contribution in [0.25, 0.3) is 0 Å². The molecule has 0 aliphatic rings. The molecule has 0 aromatic heterocycles. The van der Waals surface area contributed by atoms with Crippen LogP contribution in [0.1, 0.15) is 104 Å². The summed E-state index contributed by atoms with van der Waals surface area (Å²) >= 11 is 0. The summed E-state index contributed by atoms with van der Waals surface area (Å²) in [5.41, 5.74) is 0. The molecule has 0 spiro atoms. The number of quaternary nitrogens is 1. The van der Waals surface area contributed by atoms with Gasteiger partial charge in [0.15, 0.2) is 0 Å². The van der Waals surface area contributed by atoms with Crippen molar-refractivity contribution < 1.29 is 48.2 Å². The third kappa shape index (κ3) is 32.9. The molecule has 0 radical (unpaired) electrons. The second-order valence-corrected chi connectivity index (χ2v) is 15.9. The Morgan fingerprint density at radius 2 is 1.35 bits per heavy atom. The molecule has 0 saturated heterocycles. The molecule has 1 amide bonds. The van der Waals surface area contributed by atoms with E-state index in [1.807, 2.05) is 46.3 Å². The smallest absolute Gasteiger partial charge is 0.390 e. The molecule has 0 heterocycles. The van der Waals surface area contributed by atoms with E-state index in [1.54, 1.807) is 48.6 Å². The fraction of sp³-hybridized carbons (Fsp3) is 0.643. The van der Waals surface area contributed by atoms with Gasteiger partial charge in [0.1, 0.15) is 13.2 Å². The molecule has 12 heteroatoms. The molecule has 1 unspecified atom stereocenters. The van der Waals surface area contributed by atoms with Crippen LogP contribution in [0.4, 0.5) is 0 Å². The molecule has 11 nitrogen and oxygen atoms in total. The van der Waals surface area contributed by atoms with Gasteiger partial charge in [-0.25, -0.2) is 4.57 Å². The van der Waals surface area contributed by atoms with Crippen LogP contribution in [-0.4, -0.2) is 107 Å². The summed E-state index contributed by atoms with van der Waals surface area (Å²) in [6.07, 6.45) is 33.1. The largest absolute Gasteiger partial charge is 0.472 e. The second-order valence-electron chi connectivity index (χ2n) is 14.5. The van der Waals surface area contributed by atoms with Crippen molar-refractivity contribution in [2.24, 2.45) is 0 Å². The quantitative estimate of drug-likeness (QED) is 0.0133. The SMILES string of the molecule is CC/C=C\C[C@H](O)/C=C/C=C/C=C\C=C/[C@@H](O)[C@H](O)CCCC(=O)N[C@@H](COP(=O)(O)OCC[N+](C)(C)C)[C@H](O)/C=C/CC/C=C\CCCCCCCC. The zero-order chi connectivity index (χ0) is 40.5. The van der Waals surface area contributed by atoms with Crippen LogP contribution in [-0.2, 0) is 18.4 Å². The molecule has 0 bridgehead atoms. The first-order valence-electron chi connectivity index (χ1n) is 19.8. The van der Waals surface area contributed by atoms with Crippen molar-refractivity contribution in [3.05, 3.63) is 85.1 Å². The van der Waals surface area contributed by atoms with Gasteiger partial charge in [-0.2, -0.15) is 0 Å². The number of nitrogens with zero attached hydrogens (tertiary/aromatic N) is 1. The number of rotatable bonds is 33. The van der Waals surface area contributed by atoms with E-state index >= 15 is 0 Å². The van der Waals surface area contributed by atoms with Crippen LogP contribution in [0.2, 0.25) is 0 Å². The second kappa shape index (κ2) is 32.8.